The third-order valence-corrected chi connectivity index (χ3v) is 2.53. The Morgan fingerprint density at radius 1 is 1.47 bits per heavy atom. The van der Waals surface area contributed by atoms with Crippen molar-refractivity contribution in [3.63, 3.8) is 0 Å². The van der Waals surface area contributed by atoms with E-state index in [4.69, 9.17) is 0 Å². The fourth-order valence-corrected chi connectivity index (χ4v) is 1.59. The molecule has 1 heterocycles. The van der Waals surface area contributed by atoms with Crippen LogP contribution in [0.1, 0.15) is 0 Å². The summed E-state index contributed by atoms with van der Waals surface area (Å²) in [4.78, 5) is 13.7. The average Bonchev–Trinajstić information content (AvgIpc) is 2.23. The van der Waals surface area contributed by atoms with E-state index in [0.717, 1.165) is 12.5 Å². The molecule has 0 amide bonds. The molecule has 0 aliphatic rings. The van der Waals surface area contributed by atoms with Gasteiger partial charge in [0.2, 0.25) is 10.0 Å². The second-order valence-electron chi connectivity index (χ2n) is 3.24. The summed E-state index contributed by atoms with van der Waals surface area (Å²) in [6.07, 6.45) is 3.59. The van der Waals surface area contributed by atoms with Gasteiger partial charge in [-0.2, -0.15) is 0 Å². The Labute approximate surface area is 98.3 Å². The molecule has 0 bridgehead atoms. The Balaban J connectivity index is 2.55. The van der Waals surface area contributed by atoms with Crippen LogP contribution in [-0.4, -0.2) is 37.7 Å². The van der Waals surface area contributed by atoms with E-state index in [-0.39, 0.29) is 18.8 Å². The Morgan fingerprint density at radius 3 is 2.76 bits per heavy atom. The summed E-state index contributed by atoms with van der Waals surface area (Å²) in [6, 6.07) is 1.46. The van der Waals surface area contributed by atoms with Crippen LogP contribution in [0.25, 0.3) is 0 Å². The number of nitrogens with zero attached hydrogens (tertiary/aromatic N) is 2. The highest BCUT2D eigenvalue weighted by Crippen LogP contribution is 2.21. The van der Waals surface area contributed by atoms with Gasteiger partial charge in [0.1, 0.15) is 11.9 Å². The van der Waals surface area contributed by atoms with Crippen LogP contribution in [0.3, 0.4) is 0 Å². The quantitative estimate of drug-likeness (QED) is 0.421. The lowest BCUT2D eigenvalue weighted by Gasteiger charge is -2.06. The zero-order valence-corrected chi connectivity index (χ0v) is 9.90. The highest BCUT2D eigenvalue weighted by atomic mass is 32.2. The van der Waals surface area contributed by atoms with Crippen LogP contribution < -0.4 is 10.0 Å². The van der Waals surface area contributed by atoms with Gasteiger partial charge >= 0.3 is 5.69 Å². The van der Waals surface area contributed by atoms with Crippen molar-refractivity contribution in [1.82, 2.24) is 9.71 Å². The first kappa shape index (κ1) is 13.3. The summed E-state index contributed by atoms with van der Waals surface area (Å²) >= 11 is 0. The van der Waals surface area contributed by atoms with E-state index >= 15 is 0 Å². The van der Waals surface area contributed by atoms with Crippen LogP contribution in [0.5, 0.6) is 0 Å². The van der Waals surface area contributed by atoms with Gasteiger partial charge in [0.05, 0.1) is 11.2 Å². The highest BCUT2D eigenvalue weighted by Gasteiger charge is 2.12. The van der Waals surface area contributed by atoms with Crippen molar-refractivity contribution in [2.24, 2.45) is 0 Å². The molecule has 8 nitrogen and oxygen atoms in total. The minimum absolute atomic E-state index is 0.146. The van der Waals surface area contributed by atoms with Gasteiger partial charge in [0.15, 0.2) is 0 Å². The predicted molar refractivity (Wildman–Crippen MR) is 62.2 cm³/mol. The molecular weight excluding hydrogens is 248 g/mol. The normalized spacial score (nSPS) is 11.1. The molecule has 0 aliphatic heterocycles. The number of hydrogen-bond donors (Lipinski definition) is 2. The number of anilines is 1. The molecule has 0 atom stereocenters. The minimum Gasteiger partial charge on any atom is -0.378 e. The van der Waals surface area contributed by atoms with Gasteiger partial charge in [-0.15, -0.1) is 0 Å². The van der Waals surface area contributed by atoms with Crippen molar-refractivity contribution in [2.75, 3.05) is 24.7 Å². The first-order valence-electron chi connectivity index (χ1n) is 4.67. The Kier molecular flexibility index (Phi) is 4.35. The number of pyridine rings is 1. The van der Waals surface area contributed by atoms with E-state index in [1.54, 1.807) is 0 Å². The first-order chi connectivity index (χ1) is 7.90. The van der Waals surface area contributed by atoms with Gasteiger partial charge in [-0.3, -0.25) is 15.1 Å². The molecule has 1 aromatic heterocycles. The number of sulfonamides is 1. The summed E-state index contributed by atoms with van der Waals surface area (Å²) in [6.45, 7) is 0.399. The van der Waals surface area contributed by atoms with Crippen LogP contribution in [0.4, 0.5) is 11.4 Å². The van der Waals surface area contributed by atoms with Gasteiger partial charge in [0.25, 0.3) is 0 Å². The van der Waals surface area contributed by atoms with Gasteiger partial charge in [-0.05, 0) is 6.07 Å². The Hall–Kier alpha value is -1.74. The van der Waals surface area contributed by atoms with Crippen molar-refractivity contribution in [3.05, 3.63) is 28.6 Å². The number of nitrogens with one attached hydrogen (secondary N) is 2. The SMILES string of the molecule is CS(=O)(=O)NCCNc1ccncc1[N+](=O)[O-]. The van der Waals surface area contributed by atoms with Crippen LogP contribution in [0, 0.1) is 10.1 Å². The molecule has 2 N–H and O–H groups in total. The molecule has 0 aliphatic carbocycles. The van der Waals surface area contributed by atoms with Crippen LogP contribution in [-0.2, 0) is 10.0 Å². The van der Waals surface area contributed by atoms with Crippen molar-refractivity contribution in [2.45, 2.75) is 0 Å². The highest BCUT2D eigenvalue weighted by molar-refractivity contribution is 7.88. The van der Waals surface area contributed by atoms with E-state index in [2.05, 4.69) is 15.0 Å². The molecule has 0 radical (unpaired) electrons. The number of aromatic nitrogens is 1. The van der Waals surface area contributed by atoms with E-state index in [0.29, 0.717) is 5.69 Å². The standard InChI is InChI=1S/C8H12N4O4S/c1-17(15,16)11-5-4-10-7-2-3-9-6-8(7)12(13)14/h2-3,6,11H,4-5H2,1H3,(H,9,10). The number of rotatable bonds is 6. The zero-order valence-electron chi connectivity index (χ0n) is 9.08. The van der Waals surface area contributed by atoms with Crippen LogP contribution in [0.15, 0.2) is 18.5 Å². The van der Waals surface area contributed by atoms with Gasteiger partial charge in [-0.25, -0.2) is 13.1 Å². The Morgan fingerprint density at radius 2 is 2.18 bits per heavy atom. The van der Waals surface area contributed by atoms with Crippen molar-refractivity contribution < 1.29 is 13.3 Å². The molecule has 0 fully saturated rings. The predicted octanol–water partition coefficient (Wildman–Crippen LogP) is -0.0491. The Bertz CT molecular complexity index is 502. The fraction of sp³-hybridized carbons (Fsp3) is 0.375. The minimum atomic E-state index is -3.24. The number of nitro groups is 1. The molecule has 0 saturated heterocycles. The van der Waals surface area contributed by atoms with Gasteiger partial charge in [-0.1, -0.05) is 0 Å². The molecule has 1 aromatic rings. The van der Waals surface area contributed by atoms with Gasteiger partial charge in [0, 0.05) is 19.3 Å². The molecule has 9 heteroatoms. The summed E-state index contributed by atoms with van der Waals surface area (Å²) in [5.41, 5.74) is 0.159. The van der Waals surface area contributed by atoms with E-state index in [1.165, 1.54) is 12.3 Å². The van der Waals surface area contributed by atoms with E-state index < -0.39 is 14.9 Å². The smallest absolute Gasteiger partial charge is 0.310 e. The topological polar surface area (TPSA) is 114 Å². The zero-order chi connectivity index (χ0) is 12.9. The van der Waals surface area contributed by atoms with Crippen molar-refractivity contribution >= 4 is 21.4 Å². The van der Waals surface area contributed by atoms with E-state index in [9.17, 15) is 18.5 Å². The van der Waals surface area contributed by atoms with Crippen LogP contribution in [0.2, 0.25) is 0 Å². The van der Waals surface area contributed by atoms with Crippen LogP contribution >= 0.6 is 0 Å². The average molecular weight is 260 g/mol. The largest absolute Gasteiger partial charge is 0.378 e. The monoisotopic (exact) mass is 260 g/mol. The lowest BCUT2D eigenvalue weighted by Crippen LogP contribution is -2.27. The lowest BCUT2D eigenvalue weighted by atomic mass is 10.3. The third kappa shape index (κ3) is 4.74. The summed E-state index contributed by atoms with van der Waals surface area (Å²) in [5, 5.41) is 13.4. The summed E-state index contributed by atoms with van der Waals surface area (Å²) < 4.78 is 23.8. The molecule has 0 saturated carbocycles. The maximum atomic E-state index is 10.8. The summed E-state index contributed by atoms with van der Waals surface area (Å²) in [7, 11) is -3.24. The molecule has 0 unspecified atom stereocenters. The van der Waals surface area contributed by atoms with Gasteiger partial charge < -0.3 is 5.32 Å². The second kappa shape index (κ2) is 5.55. The molecular formula is C8H12N4O4S. The fourth-order valence-electron chi connectivity index (χ4n) is 1.11. The molecule has 1 rings (SSSR count). The van der Waals surface area contributed by atoms with E-state index in [1.807, 2.05) is 0 Å². The molecule has 0 spiro atoms. The lowest BCUT2D eigenvalue weighted by molar-refractivity contribution is -0.384. The van der Waals surface area contributed by atoms with Crippen molar-refractivity contribution in [1.29, 1.82) is 0 Å². The maximum absolute atomic E-state index is 10.8. The molecule has 0 aromatic carbocycles. The first-order valence-corrected chi connectivity index (χ1v) is 6.56. The maximum Gasteiger partial charge on any atom is 0.310 e. The van der Waals surface area contributed by atoms with Crippen molar-refractivity contribution in [3.8, 4) is 0 Å². The second-order valence-corrected chi connectivity index (χ2v) is 5.08. The third-order valence-electron chi connectivity index (χ3n) is 1.80. The molecule has 17 heavy (non-hydrogen) atoms. The molecule has 94 valence electrons. The summed E-state index contributed by atoms with van der Waals surface area (Å²) in [5.74, 6) is 0. The number of hydrogen-bond acceptors (Lipinski definition) is 6.